The third-order valence-corrected chi connectivity index (χ3v) is 5.80. The number of aryl methyl sites for hydroxylation is 2. The molecular formula is C16H20N2O3S2. The lowest BCUT2D eigenvalue weighted by Gasteiger charge is -2.10. The van der Waals surface area contributed by atoms with Gasteiger partial charge in [-0.15, -0.1) is 11.3 Å². The van der Waals surface area contributed by atoms with Crippen molar-refractivity contribution in [3.8, 4) is 0 Å². The van der Waals surface area contributed by atoms with Crippen molar-refractivity contribution < 1.29 is 13.2 Å². The number of carbonyl (C=O) groups excluding carboxylic acids is 1. The maximum absolute atomic E-state index is 12.2. The van der Waals surface area contributed by atoms with Crippen molar-refractivity contribution >= 4 is 27.3 Å². The van der Waals surface area contributed by atoms with Gasteiger partial charge in [-0.05, 0) is 36.9 Å². The van der Waals surface area contributed by atoms with Gasteiger partial charge in [0.15, 0.2) is 0 Å². The molecular weight excluding hydrogens is 332 g/mol. The molecule has 0 atom stereocenters. The van der Waals surface area contributed by atoms with Crippen LogP contribution in [0.4, 0.5) is 0 Å². The Morgan fingerprint density at radius 1 is 1.22 bits per heavy atom. The molecule has 1 heterocycles. The first kappa shape index (κ1) is 17.7. The molecule has 0 aliphatic heterocycles. The van der Waals surface area contributed by atoms with Gasteiger partial charge < -0.3 is 5.32 Å². The molecule has 124 valence electrons. The first-order valence-corrected chi connectivity index (χ1v) is 9.61. The van der Waals surface area contributed by atoms with E-state index in [1.807, 2.05) is 30.5 Å². The van der Waals surface area contributed by atoms with E-state index >= 15 is 0 Å². The summed E-state index contributed by atoms with van der Waals surface area (Å²) in [5.41, 5.74) is 1.70. The highest BCUT2D eigenvalue weighted by Crippen LogP contribution is 2.16. The SMILES string of the molecule is Cc1ccc(S(=O)(=O)NCCC(=O)NCc2cccs2)c(C)c1. The van der Waals surface area contributed by atoms with Gasteiger partial charge in [-0.2, -0.15) is 0 Å². The third kappa shape index (κ3) is 5.16. The number of thiophene rings is 1. The Morgan fingerprint density at radius 2 is 2.00 bits per heavy atom. The first-order valence-electron chi connectivity index (χ1n) is 7.24. The summed E-state index contributed by atoms with van der Waals surface area (Å²) in [5.74, 6) is -0.179. The largest absolute Gasteiger partial charge is 0.351 e. The second-order valence-corrected chi connectivity index (χ2v) is 8.04. The van der Waals surface area contributed by atoms with Crippen LogP contribution in [0.25, 0.3) is 0 Å². The highest BCUT2D eigenvalue weighted by molar-refractivity contribution is 7.89. The van der Waals surface area contributed by atoms with Gasteiger partial charge >= 0.3 is 0 Å². The zero-order chi connectivity index (χ0) is 16.9. The quantitative estimate of drug-likeness (QED) is 0.803. The van der Waals surface area contributed by atoms with E-state index in [9.17, 15) is 13.2 Å². The van der Waals surface area contributed by atoms with Crippen LogP contribution in [-0.2, 0) is 21.4 Å². The summed E-state index contributed by atoms with van der Waals surface area (Å²) in [5, 5.41) is 4.71. The minimum Gasteiger partial charge on any atom is -0.351 e. The van der Waals surface area contributed by atoms with Gasteiger partial charge in [-0.3, -0.25) is 4.79 Å². The molecule has 2 N–H and O–H groups in total. The molecule has 0 bridgehead atoms. The maximum Gasteiger partial charge on any atom is 0.240 e. The van der Waals surface area contributed by atoms with E-state index in [4.69, 9.17) is 0 Å². The predicted molar refractivity (Wildman–Crippen MR) is 91.9 cm³/mol. The highest BCUT2D eigenvalue weighted by atomic mass is 32.2. The topological polar surface area (TPSA) is 75.3 Å². The average molecular weight is 352 g/mol. The number of hydrogen-bond acceptors (Lipinski definition) is 4. The molecule has 23 heavy (non-hydrogen) atoms. The van der Waals surface area contributed by atoms with Crippen LogP contribution in [0, 0.1) is 13.8 Å². The Balaban J connectivity index is 1.83. The summed E-state index contributed by atoms with van der Waals surface area (Å²) in [4.78, 5) is 13.0. The number of rotatable bonds is 7. The zero-order valence-electron chi connectivity index (χ0n) is 13.1. The van der Waals surface area contributed by atoms with E-state index in [2.05, 4.69) is 10.0 Å². The number of sulfonamides is 1. The standard InChI is InChI=1S/C16H20N2O3S2/c1-12-5-6-15(13(2)10-12)23(20,21)18-8-7-16(19)17-11-14-4-3-9-22-14/h3-6,9-10,18H,7-8,11H2,1-2H3,(H,17,19). The average Bonchev–Trinajstić information content (AvgIpc) is 2.97. The highest BCUT2D eigenvalue weighted by Gasteiger charge is 2.16. The molecule has 2 aromatic rings. The Hall–Kier alpha value is -1.70. The third-order valence-electron chi connectivity index (χ3n) is 3.30. The van der Waals surface area contributed by atoms with Crippen molar-refractivity contribution in [3.63, 3.8) is 0 Å². The molecule has 1 amide bonds. The molecule has 0 fully saturated rings. The van der Waals surface area contributed by atoms with Crippen molar-refractivity contribution in [2.75, 3.05) is 6.54 Å². The van der Waals surface area contributed by atoms with Crippen LogP contribution in [0.2, 0.25) is 0 Å². The molecule has 0 spiro atoms. The Labute approximate surface area is 140 Å². The van der Waals surface area contributed by atoms with Gasteiger partial charge in [-0.1, -0.05) is 23.8 Å². The Kier molecular flexibility index (Phi) is 5.92. The fourth-order valence-corrected chi connectivity index (χ4v) is 4.07. The fraction of sp³-hybridized carbons (Fsp3) is 0.312. The van der Waals surface area contributed by atoms with E-state index in [-0.39, 0.29) is 23.8 Å². The second kappa shape index (κ2) is 7.72. The van der Waals surface area contributed by atoms with E-state index in [1.165, 1.54) is 0 Å². The number of nitrogens with one attached hydrogen (secondary N) is 2. The number of carbonyl (C=O) groups is 1. The number of benzene rings is 1. The number of amides is 1. The molecule has 1 aromatic heterocycles. The Bertz CT molecular complexity index is 769. The van der Waals surface area contributed by atoms with Crippen LogP contribution in [0.5, 0.6) is 0 Å². The maximum atomic E-state index is 12.2. The van der Waals surface area contributed by atoms with Crippen molar-refractivity contribution in [1.82, 2.24) is 10.0 Å². The van der Waals surface area contributed by atoms with Gasteiger partial charge in [0.25, 0.3) is 0 Å². The van der Waals surface area contributed by atoms with E-state index in [0.29, 0.717) is 12.1 Å². The first-order chi connectivity index (χ1) is 10.9. The minimum absolute atomic E-state index is 0.0753. The van der Waals surface area contributed by atoms with E-state index in [0.717, 1.165) is 10.4 Å². The number of hydrogen-bond donors (Lipinski definition) is 2. The lowest BCUT2D eigenvalue weighted by Crippen LogP contribution is -2.30. The molecule has 1 aromatic carbocycles. The molecule has 2 rings (SSSR count). The van der Waals surface area contributed by atoms with Gasteiger partial charge in [0.2, 0.25) is 15.9 Å². The van der Waals surface area contributed by atoms with Crippen LogP contribution < -0.4 is 10.0 Å². The normalized spacial score (nSPS) is 11.4. The summed E-state index contributed by atoms with van der Waals surface area (Å²) in [7, 11) is -3.59. The van der Waals surface area contributed by atoms with Crippen molar-refractivity contribution in [1.29, 1.82) is 0 Å². The molecule has 0 aliphatic rings. The summed E-state index contributed by atoms with van der Waals surface area (Å²) in [6, 6.07) is 9.03. The second-order valence-electron chi connectivity index (χ2n) is 5.27. The van der Waals surface area contributed by atoms with Crippen molar-refractivity contribution in [2.45, 2.75) is 31.7 Å². The molecule has 0 aliphatic carbocycles. The minimum atomic E-state index is -3.59. The van der Waals surface area contributed by atoms with Crippen molar-refractivity contribution in [2.24, 2.45) is 0 Å². The zero-order valence-corrected chi connectivity index (χ0v) is 14.8. The van der Waals surface area contributed by atoms with Gasteiger partial charge in [0.1, 0.15) is 0 Å². The predicted octanol–water partition coefficient (Wildman–Crippen LogP) is 2.35. The van der Waals surface area contributed by atoms with Crippen LogP contribution in [-0.4, -0.2) is 20.9 Å². The van der Waals surface area contributed by atoms with E-state index < -0.39 is 10.0 Å². The van der Waals surface area contributed by atoms with Crippen LogP contribution in [0.3, 0.4) is 0 Å². The summed E-state index contributed by atoms with van der Waals surface area (Å²) in [6.07, 6.45) is 0.107. The van der Waals surface area contributed by atoms with Crippen molar-refractivity contribution in [3.05, 3.63) is 51.7 Å². The summed E-state index contributed by atoms with van der Waals surface area (Å²) in [6.45, 7) is 4.22. The van der Waals surface area contributed by atoms with Gasteiger partial charge in [-0.25, -0.2) is 13.1 Å². The molecule has 0 saturated heterocycles. The van der Waals surface area contributed by atoms with Crippen LogP contribution >= 0.6 is 11.3 Å². The molecule has 0 unspecified atom stereocenters. The van der Waals surface area contributed by atoms with Gasteiger partial charge in [0.05, 0.1) is 11.4 Å². The molecule has 0 radical (unpaired) electrons. The van der Waals surface area contributed by atoms with Crippen LogP contribution in [0.1, 0.15) is 22.4 Å². The lowest BCUT2D eigenvalue weighted by molar-refractivity contribution is -0.121. The monoisotopic (exact) mass is 352 g/mol. The molecule has 0 saturated carbocycles. The molecule has 5 nitrogen and oxygen atoms in total. The summed E-state index contributed by atoms with van der Waals surface area (Å²) >= 11 is 1.57. The smallest absolute Gasteiger partial charge is 0.240 e. The van der Waals surface area contributed by atoms with E-state index in [1.54, 1.807) is 30.4 Å². The fourth-order valence-electron chi connectivity index (χ4n) is 2.16. The lowest BCUT2D eigenvalue weighted by atomic mass is 10.2. The van der Waals surface area contributed by atoms with Crippen LogP contribution in [0.15, 0.2) is 40.6 Å². The summed E-state index contributed by atoms with van der Waals surface area (Å²) < 4.78 is 27.0. The van der Waals surface area contributed by atoms with Gasteiger partial charge in [0, 0.05) is 17.8 Å². The Morgan fingerprint density at radius 3 is 2.65 bits per heavy atom. The molecule has 7 heteroatoms.